The molecule has 0 aromatic heterocycles. The van der Waals surface area contributed by atoms with E-state index in [0.717, 1.165) is 12.0 Å². The Hall–Kier alpha value is -2.38. The number of piperidine rings is 1. The number of benzene rings is 2. The van der Waals surface area contributed by atoms with E-state index in [4.69, 9.17) is 9.47 Å². The lowest BCUT2D eigenvalue weighted by Crippen LogP contribution is -2.48. The summed E-state index contributed by atoms with van der Waals surface area (Å²) in [5, 5.41) is -0.798. The minimum Gasteiger partial charge on any atom is -0.494 e. The molecule has 180 valence electrons. The van der Waals surface area contributed by atoms with E-state index in [1.54, 1.807) is 31.2 Å². The molecule has 1 aliphatic rings. The van der Waals surface area contributed by atoms with Gasteiger partial charge in [-0.05, 0) is 61.9 Å². The molecule has 1 aliphatic heterocycles. The summed E-state index contributed by atoms with van der Waals surface area (Å²) in [6.45, 7) is 7.94. The lowest BCUT2D eigenvalue weighted by Gasteiger charge is -2.38. The fourth-order valence-electron chi connectivity index (χ4n) is 4.07. The second-order valence-electron chi connectivity index (χ2n) is 8.93. The minimum atomic E-state index is -3.70. The Morgan fingerprint density at radius 1 is 1.09 bits per heavy atom. The number of hydrogen-bond donors (Lipinski definition) is 0. The first-order valence-corrected chi connectivity index (χ1v) is 13.3. The number of carbonyl (C=O) groups excluding carboxylic acids is 1. The number of carbonyl (C=O) groups is 1. The second kappa shape index (κ2) is 11.7. The van der Waals surface area contributed by atoms with Crippen molar-refractivity contribution in [2.45, 2.75) is 56.8 Å². The van der Waals surface area contributed by atoms with E-state index < -0.39 is 21.1 Å². The highest BCUT2D eigenvalue weighted by atomic mass is 32.2. The van der Waals surface area contributed by atoms with E-state index in [0.29, 0.717) is 44.4 Å². The maximum absolute atomic E-state index is 13.7. The quantitative estimate of drug-likeness (QED) is 0.466. The minimum absolute atomic E-state index is 0.223. The monoisotopic (exact) mass is 473 g/mol. The molecular formula is C26H35NO5S. The zero-order valence-electron chi connectivity index (χ0n) is 19.8. The Kier molecular flexibility index (Phi) is 8.92. The van der Waals surface area contributed by atoms with E-state index in [2.05, 4.69) is 13.8 Å². The molecule has 1 fully saturated rings. The van der Waals surface area contributed by atoms with Gasteiger partial charge in [-0.1, -0.05) is 44.2 Å². The van der Waals surface area contributed by atoms with Crippen molar-refractivity contribution in [2.24, 2.45) is 11.8 Å². The van der Waals surface area contributed by atoms with Crippen LogP contribution in [0.3, 0.4) is 0 Å². The van der Waals surface area contributed by atoms with Crippen LogP contribution in [0.4, 0.5) is 0 Å². The molecule has 2 atom stereocenters. The topological polar surface area (TPSA) is 72.9 Å². The largest absolute Gasteiger partial charge is 0.494 e. The molecule has 2 aromatic rings. The molecule has 0 bridgehead atoms. The van der Waals surface area contributed by atoms with Gasteiger partial charge in [-0.15, -0.1) is 0 Å². The molecule has 1 saturated heterocycles. The normalized spacial score (nSPS) is 19.4. The molecule has 0 saturated carbocycles. The van der Waals surface area contributed by atoms with Gasteiger partial charge < -0.3 is 9.47 Å². The predicted octanol–water partition coefficient (Wildman–Crippen LogP) is 4.69. The first kappa shape index (κ1) is 25.2. The van der Waals surface area contributed by atoms with Crippen LogP contribution in [0, 0.1) is 11.8 Å². The fraction of sp³-hybridized carbons (Fsp3) is 0.500. The number of ether oxygens (including phenoxy) is 2. The highest BCUT2D eigenvalue weighted by Gasteiger charge is 2.41. The number of rotatable bonds is 10. The summed E-state index contributed by atoms with van der Waals surface area (Å²) in [5.74, 6) is 0.462. The van der Waals surface area contributed by atoms with Crippen molar-refractivity contribution in [1.29, 1.82) is 0 Å². The van der Waals surface area contributed by atoms with Crippen LogP contribution < -0.4 is 4.74 Å². The summed E-state index contributed by atoms with van der Waals surface area (Å²) < 4.78 is 38.3. The Labute approximate surface area is 197 Å². The average molecular weight is 474 g/mol. The van der Waals surface area contributed by atoms with Crippen LogP contribution in [0.2, 0.25) is 0 Å². The molecule has 0 N–H and O–H groups in total. The van der Waals surface area contributed by atoms with E-state index in [1.807, 2.05) is 35.2 Å². The number of esters is 1. The highest BCUT2D eigenvalue weighted by molar-refractivity contribution is 7.92. The summed E-state index contributed by atoms with van der Waals surface area (Å²) in [6, 6.07) is 16.4. The van der Waals surface area contributed by atoms with Gasteiger partial charge in [0, 0.05) is 13.1 Å². The third-order valence-electron chi connectivity index (χ3n) is 5.98. The van der Waals surface area contributed by atoms with E-state index in [-0.39, 0.29) is 17.3 Å². The van der Waals surface area contributed by atoms with Crippen molar-refractivity contribution < 1.29 is 22.7 Å². The molecule has 0 radical (unpaired) electrons. The lowest BCUT2D eigenvalue weighted by atomic mass is 9.96. The summed E-state index contributed by atoms with van der Waals surface area (Å²) in [7, 11) is -3.70. The Bertz CT molecular complexity index is 989. The molecule has 6 nitrogen and oxygen atoms in total. The van der Waals surface area contributed by atoms with Crippen LogP contribution in [-0.2, 0) is 25.9 Å². The Balaban J connectivity index is 1.81. The van der Waals surface area contributed by atoms with Crippen LogP contribution in [0.25, 0.3) is 0 Å². The zero-order chi connectivity index (χ0) is 23.8. The molecule has 33 heavy (non-hydrogen) atoms. The SMILES string of the molecule is CCOC(=O)C1CCN(Cc2ccccc2)C(S(=O)(=O)c2ccc(OCCC(C)C)cc2)C1. The van der Waals surface area contributed by atoms with Gasteiger partial charge in [-0.2, -0.15) is 0 Å². The Morgan fingerprint density at radius 3 is 2.42 bits per heavy atom. The van der Waals surface area contributed by atoms with E-state index >= 15 is 0 Å². The summed E-state index contributed by atoms with van der Waals surface area (Å²) >= 11 is 0. The molecule has 7 heteroatoms. The highest BCUT2D eigenvalue weighted by Crippen LogP contribution is 2.33. The molecular weight excluding hydrogens is 438 g/mol. The second-order valence-corrected chi connectivity index (χ2v) is 11.0. The number of likely N-dealkylation sites (tertiary alicyclic amines) is 1. The smallest absolute Gasteiger partial charge is 0.309 e. The first-order chi connectivity index (χ1) is 15.8. The standard InChI is InChI=1S/C26H35NO5S/c1-4-31-26(28)22-14-16-27(19-21-8-6-5-7-9-21)25(18-22)33(29,30)24-12-10-23(11-13-24)32-17-15-20(2)3/h5-13,20,22,25H,4,14-19H2,1-3H3. The van der Waals surface area contributed by atoms with Gasteiger partial charge in [0.15, 0.2) is 9.84 Å². The van der Waals surface area contributed by atoms with Gasteiger partial charge in [0.1, 0.15) is 11.1 Å². The van der Waals surface area contributed by atoms with E-state index in [9.17, 15) is 13.2 Å². The number of sulfone groups is 1. The molecule has 2 unspecified atom stereocenters. The molecule has 0 amide bonds. The molecule has 1 heterocycles. The van der Waals surface area contributed by atoms with Crippen LogP contribution >= 0.6 is 0 Å². The van der Waals surface area contributed by atoms with Gasteiger partial charge >= 0.3 is 5.97 Å². The third kappa shape index (κ3) is 6.81. The summed E-state index contributed by atoms with van der Waals surface area (Å²) in [4.78, 5) is 14.6. The molecule has 0 spiro atoms. The van der Waals surface area contributed by atoms with Gasteiger partial charge in [0.25, 0.3) is 0 Å². The van der Waals surface area contributed by atoms with Crippen LogP contribution in [0.1, 0.15) is 45.6 Å². The van der Waals surface area contributed by atoms with Gasteiger partial charge in [-0.3, -0.25) is 9.69 Å². The van der Waals surface area contributed by atoms with Crippen molar-refractivity contribution in [2.75, 3.05) is 19.8 Å². The van der Waals surface area contributed by atoms with Crippen molar-refractivity contribution in [3.63, 3.8) is 0 Å². The Morgan fingerprint density at radius 2 is 1.79 bits per heavy atom. The third-order valence-corrected chi connectivity index (χ3v) is 8.12. The van der Waals surface area contributed by atoms with Gasteiger partial charge in [-0.25, -0.2) is 8.42 Å². The maximum atomic E-state index is 13.7. The maximum Gasteiger partial charge on any atom is 0.309 e. The van der Waals surface area contributed by atoms with Crippen molar-refractivity contribution in [1.82, 2.24) is 4.90 Å². The summed E-state index contributed by atoms with van der Waals surface area (Å²) in [6.07, 6.45) is 1.74. The fourth-order valence-corrected chi connectivity index (χ4v) is 5.95. The predicted molar refractivity (Wildman–Crippen MR) is 129 cm³/mol. The number of hydrogen-bond acceptors (Lipinski definition) is 6. The number of nitrogens with zero attached hydrogens (tertiary/aromatic N) is 1. The zero-order valence-corrected chi connectivity index (χ0v) is 20.6. The van der Waals surface area contributed by atoms with Gasteiger partial charge in [0.05, 0.1) is 24.0 Å². The van der Waals surface area contributed by atoms with Crippen molar-refractivity contribution >= 4 is 15.8 Å². The lowest BCUT2D eigenvalue weighted by molar-refractivity contribution is -0.149. The van der Waals surface area contributed by atoms with Crippen LogP contribution in [0.15, 0.2) is 59.5 Å². The van der Waals surface area contributed by atoms with Crippen LogP contribution in [0.5, 0.6) is 5.75 Å². The summed E-state index contributed by atoms with van der Waals surface area (Å²) in [5.41, 5.74) is 1.04. The average Bonchev–Trinajstić information content (AvgIpc) is 2.80. The van der Waals surface area contributed by atoms with Gasteiger partial charge in [0.2, 0.25) is 0 Å². The van der Waals surface area contributed by atoms with E-state index in [1.165, 1.54) is 0 Å². The molecule has 3 rings (SSSR count). The van der Waals surface area contributed by atoms with Crippen molar-refractivity contribution in [3.8, 4) is 5.75 Å². The van der Waals surface area contributed by atoms with Crippen LogP contribution in [-0.4, -0.2) is 44.4 Å². The van der Waals surface area contributed by atoms with Crippen molar-refractivity contribution in [3.05, 3.63) is 60.2 Å². The first-order valence-electron chi connectivity index (χ1n) is 11.7. The molecule has 2 aromatic carbocycles. The molecule has 0 aliphatic carbocycles.